The second-order valence-electron chi connectivity index (χ2n) is 3.76. The van der Waals surface area contributed by atoms with E-state index in [1.165, 1.54) is 26.0 Å². The predicted octanol–water partition coefficient (Wildman–Crippen LogP) is 2.67. The van der Waals surface area contributed by atoms with Crippen molar-refractivity contribution in [3.8, 4) is 5.75 Å². The number of halogens is 2. The van der Waals surface area contributed by atoms with Crippen LogP contribution in [0.25, 0.3) is 0 Å². The monoisotopic (exact) mass is 231 g/mol. The quantitative estimate of drug-likeness (QED) is 0.868. The molecule has 0 spiro atoms. The van der Waals surface area contributed by atoms with Crippen molar-refractivity contribution < 1.29 is 9.13 Å². The van der Waals surface area contributed by atoms with Gasteiger partial charge in [0.25, 0.3) is 0 Å². The van der Waals surface area contributed by atoms with Crippen LogP contribution in [0.3, 0.4) is 0 Å². The van der Waals surface area contributed by atoms with E-state index in [0.29, 0.717) is 5.92 Å². The van der Waals surface area contributed by atoms with Gasteiger partial charge in [0.2, 0.25) is 0 Å². The lowest BCUT2D eigenvalue weighted by Gasteiger charge is -2.12. The second-order valence-corrected chi connectivity index (χ2v) is 3.76. The molecule has 0 heterocycles. The molecule has 2 rings (SSSR count). The third-order valence-electron chi connectivity index (χ3n) is 2.69. The molecule has 4 heteroatoms. The SMILES string of the molecule is COc1cc([C@H](N)C2CC2)ccc1F.Cl. The van der Waals surface area contributed by atoms with Gasteiger partial charge >= 0.3 is 0 Å². The van der Waals surface area contributed by atoms with Gasteiger partial charge < -0.3 is 10.5 Å². The molecule has 1 atom stereocenters. The van der Waals surface area contributed by atoms with Gasteiger partial charge in [-0.15, -0.1) is 12.4 Å². The van der Waals surface area contributed by atoms with Crippen LogP contribution in [-0.2, 0) is 0 Å². The molecule has 0 amide bonds. The van der Waals surface area contributed by atoms with E-state index < -0.39 is 0 Å². The Morgan fingerprint density at radius 3 is 2.67 bits per heavy atom. The van der Waals surface area contributed by atoms with E-state index in [4.69, 9.17) is 10.5 Å². The van der Waals surface area contributed by atoms with Crippen LogP contribution in [0, 0.1) is 11.7 Å². The fourth-order valence-electron chi connectivity index (χ4n) is 1.61. The van der Waals surface area contributed by atoms with E-state index in [2.05, 4.69) is 0 Å². The summed E-state index contributed by atoms with van der Waals surface area (Å²) in [6, 6.07) is 4.87. The van der Waals surface area contributed by atoms with Crippen molar-refractivity contribution in [3.63, 3.8) is 0 Å². The Hall–Kier alpha value is -0.800. The number of ether oxygens (including phenoxy) is 1. The van der Waals surface area contributed by atoms with Crippen LogP contribution < -0.4 is 10.5 Å². The standard InChI is InChI=1S/C11H14FNO.ClH/c1-14-10-6-8(4-5-9(10)12)11(13)7-2-3-7;/h4-7,11H,2-3,13H2,1H3;1H/t11-;/m1./s1. The van der Waals surface area contributed by atoms with Crippen molar-refractivity contribution in [2.75, 3.05) is 7.11 Å². The summed E-state index contributed by atoms with van der Waals surface area (Å²) in [6.07, 6.45) is 2.36. The summed E-state index contributed by atoms with van der Waals surface area (Å²) in [6.45, 7) is 0. The first kappa shape index (κ1) is 12.3. The zero-order chi connectivity index (χ0) is 10.1. The minimum absolute atomic E-state index is 0. The van der Waals surface area contributed by atoms with E-state index in [1.807, 2.05) is 0 Å². The fourth-order valence-corrected chi connectivity index (χ4v) is 1.61. The Morgan fingerprint density at radius 1 is 1.47 bits per heavy atom. The Balaban J connectivity index is 0.00000112. The van der Waals surface area contributed by atoms with Gasteiger partial charge in [-0.1, -0.05) is 6.07 Å². The van der Waals surface area contributed by atoms with Crippen molar-refractivity contribution in [3.05, 3.63) is 29.6 Å². The highest BCUT2D eigenvalue weighted by atomic mass is 35.5. The molecule has 0 aliphatic heterocycles. The Bertz CT molecular complexity index is 341. The van der Waals surface area contributed by atoms with E-state index in [9.17, 15) is 4.39 Å². The van der Waals surface area contributed by atoms with Crippen LogP contribution in [0.15, 0.2) is 18.2 Å². The van der Waals surface area contributed by atoms with Gasteiger partial charge in [0, 0.05) is 6.04 Å². The van der Waals surface area contributed by atoms with Gasteiger partial charge in [-0.2, -0.15) is 0 Å². The number of benzene rings is 1. The van der Waals surface area contributed by atoms with Crippen LogP contribution in [-0.4, -0.2) is 7.11 Å². The van der Waals surface area contributed by atoms with E-state index >= 15 is 0 Å². The van der Waals surface area contributed by atoms with Gasteiger partial charge in [0.05, 0.1) is 7.11 Å². The number of nitrogens with two attached hydrogens (primary N) is 1. The summed E-state index contributed by atoms with van der Waals surface area (Å²) in [4.78, 5) is 0. The molecule has 1 aromatic rings. The fraction of sp³-hybridized carbons (Fsp3) is 0.455. The summed E-state index contributed by atoms with van der Waals surface area (Å²) in [5.74, 6) is 0.517. The lowest BCUT2D eigenvalue weighted by molar-refractivity contribution is 0.385. The topological polar surface area (TPSA) is 35.2 Å². The van der Waals surface area contributed by atoms with E-state index in [0.717, 1.165) is 5.56 Å². The highest BCUT2D eigenvalue weighted by molar-refractivity contribution is 5.85. The van der Waals surface area contributed by atoms with Crippen molar-refractivity contribution in [1.82, 2.24) is 0 Å². The molecule has 1 aliphatic rings. The highest BCUT2D eigenvalue weighted by Gasteiger charge is 2.29. The van der Waals surface area contributed by atoms with Gasteiger partial charge in [-0.25, -0.2) is 4.39 Å². The Labute approximate surface area is 95.0 Å². The Kier molecular flexibility index (Phi) is 3.94. The molecular weight excluding hydrogens is 217 g/mol. The first-order valence-corrected chi connectivity index (χ1v) is 4.81. The molecule has 0 bridgehead atoms. The molecule has 2 nitrogen and oxygen atoms in total. The van der Waals surface area contributed by atoms with Gasteiger partial charge in [-0.3, -0.25) is 0 Å². The predicted molar refractivity (Wildman–Crippen MR) is 59.9 cm³/mol. The van der Waals surface area contributed by atoms with E-state index in [1.54, 1.807) is 12.1 Å². The second kappa shape index (κ2) is 4.81. The van der Waals surface area contributed by atoms with Crippen LogP contribution in [0.2, 0.25) is 0 Å². The zero-order valence-electron chi connectivity index (χ0n) is 8.57. The third kappa shape index (κ3) is 2.61. The summed E-state index contributed by atoms with van der Waals surface area (Å²) in [7, 11) is 1.46. The average Bonchev–Trinajstić information content (AvgIpc) is 3.01. The molecule has 2 N–H and O–H groups in total. The van der Waals surface area contributed by atoms with Gasteiger partial charge in [-0.05, 0) is 36.5 Å². The number of methoxy groups -OCH3 is 1. The number of hydrogen-bond acceptors (Lipinski definition) is 2. The van der Waals surface area contributed by atoms with Crippen LogP contribution in [0.1, 0.15) is 24.4 Å². The molecule has 0 saturated heterocycles. The maximum absolute atomic E-state index is 13.1. The van der Waals surface area contributed by atoms with E-state index in [-0.39, 0.29) is 30.0 Å². The summed E-state index contributed by atoms with van der Waals surface area (Å²) in [5, 5.41) is 0. The molecule has 0 unspecified atom stereocenters. The third-order valence-corrected chi connectivity index (χ3v) is 2.69. The number of rotatable bonds is 3. The zero-order valence-corrected chi connectivity index (χ0v) is 9.39. The van der Waals surface area contributed by atoms with Gasteiger partial charge in [0.1, 0.15) is 0 Å². The maximum Gasteiger partial charge on any atom is 0.165 e. The summed E-state index contributed by atoms with van der Waals surface area (Å²) in [5.41, 5.74) is 6.96. The van der Waals surface area contributed by atoms with Gasteiger partial charge in [0.15, 0.2) is 11.6 Å². The number of hydrogen-bond donors (Lipinski definition) is 1. The lowest BCUT2D eigenvalue weighted by Crippen LogP contribution is -2.12. The molecule has 0 radical (unpaired) electrons. The van der Waals surface area contributed by atoms with Crippen LogP contribution in [0.5, 0.6) is 5.75 Å². The van der Waals surface area contributed by atoms with Crippen molar-refractivity contribution in [2.45, 2.75) is 18.9 Å². The first-order valence-electron chi connectivity index (χ1n) is 4.81. The molecule has 1 aromatic carbocycles. The molecule has 0 aromatic heterocycles. The smallest absolute Gasteiger partial charge is 0.165 e. The highest BCUT2D eigenvalue weighted by Crippen LogP contribution is 2.40. The van der Waals surface area contributed by atoms with Crippen molar-refractivity contribution in [1.29, 1.82) is 0 Å². The lowest BCUT2D eigenvalue weighted by atomic mass is 10.0. The molecule has 15 heavy (non-hydrogen) atoms. The molecule has 1 aliphatic carbocycles. The van der Waals surface area contributed by atoms with Crippen molar-refractivity contribution in [2.24, 2.45) is 11.7 Å². The largest absolute Gasteiger partial charge is 0.494 e. The van der Waals surface area contributed by atoms with Crippen LogP contribution in [0.4, 0.5) is 4.39 Å². The Morgan fingerprint density at radius 2 is 2.13 bits per heavy atom. The molecule has 84 valence electrons. The molecule has 1 saturated carbocycles. The van der Waals surface area contributed by atoms with Crippen LogP contribution >= 0.6 is 12.4 Å². The first-order chi connectivity index (χ1) is 6.72. The molecule has 1 fully saturated rings. The summed E-state index contributed by atoms with van der Waals surface area (Å²) < 4.78 is 18.0. The molecular formula is C11H15ClFNO. The normalized spacial score (nSPS) is 16.7. The van der Waals surface area contributed by atoms with Crippen molar-refractivity contribution >= 4 is 12.4 Å². The summed E-state index contributed by atoms with van der Waals surface area (Å²) >= 11 is 0. The maximum atomic E-state index is 13.1. The average molecular weight is 232 g/mol. The minimum Gasteiger partial charge on any atom is -0.494 e. The minimum atomic E-state index is -0.334.